The highest BCUT2D eigenvalue weighted by Gasteiger charge is 2.15. The minimum Gasteiger partial charge on any atom is -0.494 e. The Bertz CT molecular complexity index is 711. The summed E-state index contributed by atoms with van der Waals surface area (Å²) in [7, 11) is 1.42. The molecule has 0 aliphatic rings. The first kappa shape index (κ1) is 15.7. The molecule has 22 heavy (non-hydrogen) atoms. The van der Waals surface area contributed by atoms with Crippen LogP contribution in [0, 0.1) is 11.3 Å². The number of hydrogen-bond acceptors (Lipinski definition) is 4. The van der Waals surface area contributed by atoms with E-state index in [0.29, 0.717) is 10.8 Å². The Morgan fingerprint density at radius 2 is 2.05 bits per heavy atom. The number of hydrogen-bond donors (Lipinski definition) is 1. The van der Waals surface area contributed by atoms with Gasteiger partial charge in [-0.25, -0.2) is 4.79 Å². The number of carbonyl (C=O) groups excluding carboxylic acids is 1. The van der Waals surface area contributed by atoms with Gasteiger partial charge in [0.1, 0.15) is 24.1 Å². The molecule has 0 fully saturated rings. The zero-order chi connectivity index (χ0) is 15.9. The maximum absolute atomic E-state index is 11.9. The number of amides is 1. The summed E-state index contributed by atoms with van der Waals surface area (Å²) in [5, 5.41) is 12.0. The highest BCUT2D eigenvalue weighted by Crippen LogP contribution is 2.32. The number of halogens is 1. The average Bonchev–Trinajstić information content (AvgIpc) is 2.55. The monoisotopic (exact) mass is 316 g/mol. The van der Waals surface area contributed by atoms with Gasteiger partial charge in [0.15, 0.2) is 0 Å². The first-order valence-electron chi connectivity index (χ1n) is 6.39. The first-order chi connectivity index (χ1) is 10.6. The van der Waals surface area contributed by atoms with Crippen molar-refractivity contribution in [1.82, 2.24) is 0 Å². The lowest BCUT2D eigenvalue weighted by Gasteiger charge is -2.12. The fraction of sp³-hybridized carbons (Fsp3) is 0.125. The number of benzene rings is 2. The van der Waals surface area contributed by atoms with Gasteiger partial charge in [-0.15, -0.1) is 0 Å². The number of methoxy groups -OCH3 is 1. The molecule has 1 N–H and O–H groups in total. The number of nitrogens with zero attached hydrogens (tertiary/aromatic N) is 1. The topological polar surface area (TPSA) is 71.3 Å². The molecular weight excluding hydrogens is 304 g/mol. The lowest BCUT2D eigenvalue weighted by Crippen LogP contribution is -2.15. The molecule has 0 heterocycles. The van der Waals surface area contributed by atoms with Gasteiger partial charge in [0, 0.05) is 11.1 Å². The first-order valence-corrected chi connectivity index (χ1v) is 6.77. The SMILES string of the molecule is COc1cc(Cl)cc(C#N)c1NC(=O)OCc1ccccc1. The van der Waals surface area contributed by atoms with Crippen LogP contribution in [0.15, 0.2) is 42.5 Å². The number of carbonyl (C=O) groups is 1. The molecule has 0 saturated carbocycles. The Kier molecular flexibility index (Phi) is 5.23. The van der Waals surface area contributed by atoms with Crippen LogP contribution >= 0.6 is 11.6 Å². The van der Waals surface area contributed by atoms with Crippen LogP contribution in [-0.2, 0) is 11.3 Å². The summed E-state index contributed by atoms with van der Waals surface area (Å²) in [5.41, 5.74) is 1.29. The fourth-order valence-electron chi connectivity index (χ4n) is 1.82. The predicted octanol–water partition coefficient (Wildman–Crippen LogP) is 3.97. The van der Waals surface area contributed by atoms with E-state index in [-0.39, 0.29) is 17.9 Å². The quantitative estimate of drug-likeness (QED) is 0.926. The van der Waals surface area contributed by atoms with E-state index in [2.05, 4.69) is 5.32 Å². The third kappa shape index (κ3) is 3.90. The van der Waals surface area contributed by atoms with Gasteiger partial charge in [0.25, 0.3) is 0 Å². The maximum Gasteiger partial charge on any atom is 0.412 e. The molecule has 2 aromatic rings. The molecule has 0 spiro atoms. The number of rotatable bonds is 4. The molecule has 2 aromatic carbocycles. The van der Waals surface area contributed by atoms with E-state index >= 15 is 0 Å². The molecule has 0 saturated heterocycles. The van der Waals surface area contributed by atoms with Gasteiger partial charge >= 0.3 is 6.09 Å². The van der Waals surface area contributed by atoms with Crippen LogP contribution in [0.3, 0.4) is 0 Å². The Morgan fingerprint density at radius 1 is 1.32 bits per heavy atom. The second-order valence-corrected chi connectivity index (χ2v) is 4.77. The lowest BCUT2D eigenvalue weighted by molar-refractivity contribution is 0.155. The third-order valence-electron chi connectivity index (χ3n) is 2.85. The predicted molar refractivity (Wildman–Crippen MR) is 83.0 cm³/mol. The van der Waals surface area contributed by atoms with Crippen molar-refractivity contribution >= 4 is 23.4 Å². The number of nitriles is 1. The zero-order valence-corrected chi connectivity index (χ0v) is 12.6. The molecule has 0 aliphatic carbocycles. The Labute approximate surface area is 133 Å². The molecule has 1 amide bonds. The molecule has 0 aliphatic heterocycles. The van der Waals surface area contributed by atoms with E-state index in [9.17, 15) is 4.79 Å². The molecule has 0 atom stereocenters. The number of ether oxygens (including phenoxy) is 2. The molecule has 0 bridgehead atoms. The zero-order valence-electron chi connectivity index (χ0n) is 11.8. The maximum atomic E-state index is 11.9. The summed E-state index contributed by atoms with van der Waals surface area (Å²) < 4.78 is 10.2. The number of anilines is 1. The van der Waals surface area contributed by atoms with Crippen molar-refractivity contribution in [1.29, 1.82) is 5.26 Å². The van der Waals surface area contributed by atoms with E-state index in [1.54, 1.807) is 0 Å². The second kappa shape index (κ2) is 7.34. The molecule has 0 radical (unpaired) electrons. The second-order valence-electron chi connectivity index (χ2n) is 4.33. The van der Waals surface area contributed by atoms with Gasteiger partial charge in [-0.3, -0.25) is 5.32 Å². The summed E-state index contributed by atoms with van der Waals surface area (Å²) >= 11 is 5.88. The summed E-state index contributed by atoms with van der Waals surface area (Å²) in [6.07, 6.45) is -0.680. The van der Waals surface area contributed by atoms with E-state index in [1.807, 2.05) is 36.4 Å². The summed E-state index contributed by atoms with van der Waals surface area (Å²) in [5.74, 6) is 0.292. The molecule has 2 rings (SSSR count). The molecule has 6 heteroatoms. The molecule has 5 nitrogen and oxygen atoms in total. The smallest absolute Gasteiger partial charge is 0.412 e. The van der Waals surface area contributed by atoms with Crippen LogP contribution in [0.5, 0.6) is 5.75 Å². The van der Waals surface area contributed by atoms with Crippen LogP contribution in [0.25, 0.3) is 0 Å². The minimum atomic E-state index is -0.680. The van der Waals surface area contributed by atoms with Gasteiger partial charge in [0.05, 0.1) is 12.7 Å². The van der Waals surface area contributed by atoms with Gasteiger partial charge in [-0.1, -0.05) is 41.9 Å². The van der Waals surface area contributed by atoms with Crippen molar-refractivity contribution < 1.29 is 14.3 Å². The molecule has 112 valence electrons. The molecule has 0 aromatic heterocycles. The van der Waals surface area contributed by atoms with E-state index in [0.717, 1.165) is 5.56 Å². The number of nitrogens with one attached hydrogen (secondary N) is 1. The largest absolute Gasteiger partial charge is 0.494 e. The van der Waals surface area contributed by atoms with Crippen molar-refractivity contribution in [3.8, 4) is 11.8 Å². The average molecular weight is 317 g/mol. The van der Waals surface area contributed by atoms with Crippen molar-refractivity contribution in [2.24, 2.45) is 0 Å². The molecule has 0 unspecified atom stereocenters. The van der Waals surface area contributed by atoms with Crippen molar-refractivity contribution in [2.75, 3.05) is 12.4 Å². The van der Waals surface area contributed by atoms with E-state index < -0.39 is 6.09 Å². The highest BCUT2D eigenvalue weighted by atomic mass is 35.5. The normalized spacial score (nSPS) is 9.68. The van der Waals surface area contributed by atoms with Gasteiger partial charge in [-0.2, -0.15) is 5.26 Å². The van der Waals surface area contributed by atoms with Crippen molar-refractivity contribution in [3.05, 3.63) is 58.6 Å². The van der Waals surface area contributed by atoms with Crippen LogP contribution in [0.1, 0.15) is 11.1 Å². The summed E-state index contributed by atoms with van der Waals surface area (Å²) in [6.45, 7) is 0.129. The van der Waals surface area contributed by atoms with Crippen LogP contribution < -0.4 is 10.1 Å². The van der Waals surface area contributed by atoms with E-state index in [4.69, 9.17) is 26.3 Å². The minimum absolute atomic E-state index is 0.129. The van der Waals surface area contributed by atoms with Crippen molar-refractivity contribution in [2.45, 2.75) is 6.61 Å². The van der Waals surface area contributed by atoms with Crippen LogP contribution in [0.4, 0.5) is 10.5 Å². The summed E-state index contributed by atoms with van der Waals surface area (Å²) in [4.78, 5) is 11.9. The van der Waals surface area contributed by atoms with Crippen LogP contribution in [0.2, 0.25) is 5.02 Å². The van der Waals surface area contributed by atoms with Gasteiger partial charge in [0.2, 0.25) is 0 Å². The standard InChI is InChI=1S/C16H13ClN2O3/c1-21-14-8-13(17)7-12(9-18)15(14)19-16(20)22-10-11-5-3-2-4-6-11/h2-8H,10H2,1H3,(H,19,20). The van der Waals surface area contributed by atoms with Crippen LogP contribution in [-0.4, -0.2) is 13.2 Å². The Morgan fingerprint density at radius 3 is 2.68 bits per heavy atom. The fourth-order valence-corrected chi connectivity index (χ4v) is 2.03. The third-order valence-corrected chi connectivity index (χ3v) is 3.07. The Balaban J connectivity index is 2.10. The lowest BCUT2D eigenvalue weighted by atomic mass is 10.2. The van der Waals surface area contributed by atoms with Gasteiger partial charge in [-0.05, 0) is 11.6 Å². The summed E-state index contributed by atoms with van der Waals surface area (Å²) in [6, 6.07) is 14.2. The Hall–Kier alpha value is -2.71. The van der Waals surface area contributed by atoms with Gasteiger partial charge < -0.3 is 9.47 Å². The highest BCUT2D eigenvalue weighted by molar-refractivity contribution is 6.31. The van der Waals surface area contributed by atoms with Crippen molar-refractivity contribution in [3.63, 3.8) is 0 Å². The van der Waals surface area contributed by atoms with E-state index in [1.165, 1.54) is 19.2 Å². The molecular formula is C16H13ClN2O3.